The van der Waals surface area contributed by atoms with E-state index in [1.165, 1.54) is 30.8 Å². The number of nitrogens with two attached hydrogens (primary N) is 1. The minimum atomic E-state index is -1.16. The molecule has 0 aliphatic rings. The Hall–Kier alpha value is -4.03. The zero-order chi connectivity index (χ0) is 29.2. The second-order valence-electron chi connectivity index (χ2n) is 9.51. The largest absolute Gasteiger partial charge is 0.508 e. The lowest BCUT2D eigenvalue weighted by molar-refractivity contribution is -0.142. The van der Waals surface area contributed by atoms with Gasteiger partial charge in [-0.05, 0) is 61.1 Å². The van der Waals surface area contributed by atoms with Gasteiger partial charge in [-0.2, -0.15) is 11.8 Å². The van der Waals surface area contributed by atoms with Gasteiger partial charge < -0.3 is 36.9 Å². The Labute approximate surface area is 236 Å². The number of nitrogens with one attached hydrogen (secondary N) is 4. The highest BCUT2D eigenvalue weighted by Crippen LogP contribution is 2.19. The molecule has 11 nitrogen and oxygen atoms in total. The number of phenols is 1. The number of rotatable bonds is 14. The number of aromatic amines is 1. The number of thioether (sulfide) groups is 1. The van der Waals surface area contributed by atoms with Crippen LogP contribution in [0, 0.1) is 0 Å². The number of aromatic nitrogens is 1. The molecule has 0 spiro atoms. The van der Waals surface area contributed by atoms with Crippen molar-refractivity contribution >= 4 is 46.4 Å². The monoisotopic (exact) mass is 569 g/mol. The van der Waals surface area contributed by atoms with Gasteiger partial charge in [-0.3, -0.25) is 14.4 Å². The van der Waals surface area contributed by atoms with Gasteiger partial charge in [0.1, 0.15) is 23.9 Å². The molecule has 0 bridgehead atoms. The van der Waals surface area contributed by atoms with E-state index in [9.17, 15) is 29.4 Å². The molecule has 0 saturated heterocycles. The lowest BCUT2D eigenvalue weighted by atomic mass is 10.0. The lowest BCUT2D eigenvalue weighted by Crippen LogP contribution is -2.57. The molecule has 1 aromatic heterocycles. The molecule has 2 aromatic carbocycles. The van der Waals surface area contributed by atoms with Crippen LogP contribution in [0.4, 0.5) is 0 Å². The second kappa shape index (κ2) is 14.4. The molecular formula is C28H35N5O6S. The number of carboxylic acids is 1. The number of phenolic OH excluding ortho intramolecular Hbond substituents is 1. The third kappa shape index (κ3) is 8.48. The van der Waals surface area contributed by atoms with Gasteiger partial charge in [0.15, 0.2) is 0 Å². The summed E-state index contributed by atoms with van der Waals surface area (Å²) in [4.78, 5) is 53.8. The van der Waals surface area contributed by atoms with Crippen LogP contribution in [-0.4, -0.2) is 75.1 Å². The van der Waals surface area contributed by atoms with Crippen molar-refractivity contribution < 1.29 is 29.4 Å². The summed E-state index contributed by atoms with van der Waals surface area (Å²) in [6.07, 6.45) is 4.13. The van der Waals surface area contributed by atoms with E-state index in [-0.39, 0.29) is 25.0 Å². The van der Waals surface area contributed by atoms with E-state index in [2.05, 4.69) is 20.9 Å². The zero-order valence-corrected chi connectivity index (χ0v) is 23.2. The smallest absolute Gasteiger partial charge is 0.326 e. The summed E-state index contributed by atoms with van der Waals surface area (Å²) in [5.41, 5.74) is 8.52. The summed E-state index contributed by atoms with van der Waals surface area (Å²) in [5.74, 6) is -2.35. The van der Waals surface area contributed by atoms with Gasteiger partial charge in [0.05, 0.1) is 6.04 Å². The zero-order valence-electron chi connectivity index (χ0n) is 22.3. The first-order valence-electron chi connectivity index (χ1n) is 12.8. The van der Waals surface area contributed by atoms with E-state index >= 15 is 0 Å². The number of para-hydroxylation sites is 1. The van der Waals surface area contributed by atoms with Gasteiger partial charge in [0, 0.05) is 23.5 Å². The molecule has 40 heavy (non-hydrogen) atoms. The minimum absolute atomic E-state index is 0.0920. The molecule has 8 N–H and O–H groups in total. The maximum atomic E-state index is 13.4. The molecule has 12 heteroatoms. The standard InChI is InChI=1S/C28H35N5O6S/c1-16(25(35)32-23(28(38)39)11-12-40-2)31-27(37)24(14-18-15-30-22-6-4-3-5-20(18)22)33-26(36)21(29)13-17-7-9-19(34)10-8-17/h3-10,15-16,21,23-24,30,34H,11-14,29H2,1-2H3,(H,31,37)(H,32,35)(H,33,36)(H,38,39). The normalized spacial score (nSPS) is 14.1. The van der Waals surface area contributed by atoms with Crippen LogP contribution in [-0.2, 0) is 32.0 Å². The fourth-order valence-electron chi connectivity index (χ4n) is 4.16. The lowest BCUT2D eigenvalue weighted by Gasteiger charge is -2.23. The van der Waals surface area contributed by atoms with Gasteiger partial charge in [0.2, 0.25) is 17.7 Å². The summed E-state index contributed by atoms with van der Waals surface area (Å²) < 4.78 is 0. The number of benzene rings is 2. The molecule has 3 amide bonds. The summed E-state index contributed by atoms with van der Waals surface area (Å²) >= 11 is 1.46. The molecule has 0 fully saturated rings. The molecule has 3 rings (SSSR count). The van der Waals surface area contributed by atoms with Crippen molar-refractivity contribution in [1.82, 2.24) is 20.9 Å². The molecule has 4 unspecified atom stereocenters. The van der Waals surface area contributed by atoms with E-state index < -0.39 is 47.9 Å². The number of carbonyl (C=O) groups excluding carboxylic acids is 3. The third-order valence-electron chi connectivity index (χ3n) is 6.44. The predicted octanol–water partition coefficient (Wildman–Crippen LogP) is 1.30. The Bertz CT molecular complexity index is 1330. The van der Waals surface area contributed by atoms with Crippen LogP contribution >= 0.6 is 11.8 Å². The fraction of sp³-hybridized carbons (Fsp3) is 0.357. The molecule has 0 radical (unpaired) electrons. The van der Waals surface area contributed by atoms with Crippen LogP contribution in [0.15, 0.2) is 54.7 Å². The highest BCUT2D eigenvalue weighted by Gasteiger charge is 2.29. The van der Waals surface area contributed by atoms with Gasteiger partial charge >= 0.3 is 5.97 Å². The Balaban J connectivity index is 1.73. The van der Waals surface area contributed by atoms with Gasteiger partial charge in [-0.15, -0.1) is 0 Å². The number of carboxylic acid groups (broad SMARTS) is 1. The van der Waals surface area contributed by atoms with Crippen molar-refractivity contribution in [3.8, 4) is 5.75 Å². The first-order valence-corrected chi connectivity index (χ1v) is 14.2. The Morgan fingerprint density at radius 1 is 0.925 bits per heavy atom. The first-order chi connectivity index (χ1) is 19.1. The molecule has 1 heterocycles. The van der Waals surface area contributed by atoms with Crippen molar-refractivity contribution in [2.75, 3.05) is 12.0 Å². The van der Waals surface area contributed by atoms with E-state index in [0.29, 0.717) is 5.75 Å². The average Bonchev–Trinajstić information content (AvgIpc) is 3.34. The van der Waals surface area contributed by atoms with Crippen LogP contribution in [0.5, 0.6) is 5.75 Å². The van der Waals surface area contributed by atoms with Gasteiger partial charge in [-0.25, -0.2) is 4.79 Å². The molecular weight excluding hydrogens is 534 g/mol. The molecule has 0 saturated carbocycles. The van der Waals surface area contributed by atoms with Crippen LogP contribution < -0.4 is 21.7 Å². The van der Waals surface area contributed by atoms with E-state index in [0.717, 1.165) is 22.0 Å². The third-order valence-corrected chi connectivity index (χ3v) is 7.08. The first kappa shape index (κ1) is 30.5. The Kier molecular flexibility index (Phi) is 11.0. The number of fused-ring (bicyclic) bond motifs is 1. The Morgan fingerprint density at radius 3 is 2.27 bits per heavy atom. The summed E-state index contributed by atoms with van der Waals surface area (Å²) in [5, 5.41) is 27.6. The quantitative estimate of drug-likeness (QED) is 0.151. The molecule has 4 atom stereocenters. The number of carbonyl (C=O) groups is 4. The van der Waals surface area contributed by atoms with Crippen LogP contribution in [0.2, 0.25) is 0 Å². The average molecular weight is 570 g/mol. The Morgan fingerprint density at radius 2 is 1.60 bits per heavy atom. The maximum absolute atomic E-state index is 13.4. The predicted molar refractivity (Wildman–Crippen MR) is 154 cm³/mol. The van der Waals surface area contributed by atoms with Crippen molar-refractivity contribution in [3.63, 3.8) is 0 Å². The minimum Gasteiger partial charge on any atom is -0.508 e. The van der Waals surface area contributed by atoms with Crippen molar-refractivity contribution in [3.05, 3.63) is 65.9 Å². The van der Waals surface area contributed by atoms with Gasteiger partial charge in [0.25, 0.3) is 0 Å². The molecule has 3 aromatic rings. The highest BCUT2D eigenvalue weighted by atomic mass is 32.2. The van der Waals surface area contributed by atoms with Crippen molar-refractivity contribution in [2.45, 2.75) is 50.4 Å². The van der Waals surface area contributed by atoms with Gasteiger partial charge in [-0.1, -0.05) is 30.3 Å². The molecule has 0 aliphatic heterocycles. The second-order valence-corrected chi connectivity index (χ2v) is 10.5. The van der Waals surface area contributed by atoms with Crippen LogP contribution in [0.3, 0.4) is 0 Å². The number of hydrogen-bond acceptors (Lipinski definition) is 7. The summed E-state index contributed by atoms with van der Waals surface area (Å²) in [6.45, 7) is 1.45. The van der Waals surface area contributed by atoms with E-state index in [1.807, 2.05) is 30.5 Å². The number of aromatic hydroxyl groups is 1. The fourth-order valence-corrected chi connectivity index (χ4v) is 4.63. The number of H-pyrrole nitrogens is 1. The maximum Gasteiger partial charge on any atom is 0.326 e. The number of hydrogen-bond donors (Lipinski definition) is 7. The SMILES string of the molecule is CSCCC(NC(=O)C(C)NC(=O)C(Cc1c[nH]c2ccccc12)NC(=O)C(N)Cc1ccc(O)cc1)C(=O)O. The van der Waals surface area contributed by atoms with Crippen LogP contribution in [0.1, 0.15) is 24.5 Å². The summed E-state index contributed by atoms with van der Waals surface area (Å²) in [6, 6.07) is 9.64. The van der Waals surface area contributed by atoms with Crippen LogP contribution in [0.25, 0.3) is 10.9 Å². The topological polar surface area (TPSA) is 187 Å². The van der Waals surface area contributed by atoms with E-state index in [1.54, 1.807) is 18.3 Å². The van der Waals surface area contributed by atoms with Crippen molar-refractivity contribution in [1.29, 1.82) is 0 Å². The molecule has 214 valence electrons. The van der Waals surface area contributed by atoms with E-state index in [4.69, 9.17) is 5.73 Å². The molecule has 0 aliphatic carbocycles. The number of aliphatic carboxylic acids is 1. The van der Waals surface area contributed by atoms with Crippen molar-refractivity contribution in [2.24, 2.45) is 5.73 Å². The number of amides is 3. The summed E-state index contributed by atoms with van der Waals surface area (Å²) in [7, 11) is 0. The highest BCUT2D eigenvalue weighted by molar-refractivity contribution is 7.98.